The van der Waals surface area contributed by atoms with Crippen LogP contribution in [0.15, 0.2) is 46.5 Å². The Bertz CT molecular complexity index is 1020. The molecule has 8 nitrogen and oxygen atoms in total. The summed E-state index contributed by atoms with van der Waals surface area (Å²) in [5.41, 5.74) is 3.61. The third kappa shape index (κ3) is 2.92. The largest absolute Gasteiger partial charge is 0.467 e. The topological polar surface area (TPSA) is 89.6 Å². The first-order chi connectivity index (χ1) is 13.7. The molecule has 0 spiro atoms. The minimum atomic E-state index is -0.391. The van der Waals surface area contributed by atoms with Crippen LogP contribution in [0.1, 0.15) is 29.2 Å². The number of nitrogens with zero attached hydrogens (tertiary/aromatic N) is 4. The van der Waals surface area contributed by atoms with Crippen LogP contribution < -0.4 is 4.74 Å². The van der Waals surface area contributed by atoms with Gasteiger partial charge in [-0.1, -0.05) is 30.0 Å². The molecule has 0 unspecified atom stereocenters. The van der Waals surface area contributed by atoms with Crippen LogP contribution in [-0.2, 0) is 17.1 Å². The van der Waals surface area contributed by atoms with Crippen molar-refractivity contribution < 1.29 is 14.4 Å². The molecule has 3 heterocycles. The van der Waals surface area contributed by atoms with Crippen LogP contribution in [0.3, 0.4) is 0 Å². The summed E-state index contributed by atoms with van der Waals surface area (Å²) in [6.07, 6.45) is 2.74. The first-order valence-electron chi connectivity index (χ1n) is 8.83. The van der Waals surface area contributed by atoms with Gasteiger partial charge in [-0.2, -0.15) is 5.10 Å². The zero-order chi connectivity index (χ0) is 19.1. The van der Waals surface area contributed by atoms with Crippen LogP contribution >= 0.6 is 11.8 Å². The number of hydrogen-bond acceptors (Lipinski definition) is 8. The van der Waals surface area contributed by atoms with E-state index in [-0.39, 0.29) is 18.5 Å². The van der Waals surface area contributed by atoms with Crippen molar-refractivity contribution in [2.45, 2.75) is 24.8 Å². The summed E-state index contributed by atoms with van der Waals surface area (Å²) in [6, 6.07) is 11.3. The van der Waals surface area contributed by atoms with Gasteiger partial charge in [0, 0.05) is 47.2 Å². The first-order valence-corrected chi connectivity index (χ1v) is 9.82. The van der Waals surface area contributed by atoms with E-state index in [1.807, 2.05) is 29.4 Å². The average Bonchev–Trinajstić information content (AvgIpc) is 3.22. The van der Waals surface area contributed by atoms with Gasteiger partial charge >= 0.3 is 0 Å². The molecular weight excluding hydrogens is 380 g/mol. The summed E-state index contributed by atoms with van der Waals surface area (Å²) in [4.78, 5) is 15.7. The number of hydrazone groups is 1. The number of aliphatic imine (C=N–C) groups is 1. The molecule has 142 valence electrons. The van der Waals surface area contributed by atoms with Crippen LogP contribution in [0.2, 0.25) is 0 Å². The Morgan fingerprint density at radius 3 is 3.11 bits per heavy atom. The fourth-order valence-corrected chi connectivity index (χ4v) is 4.58. The second kappa shape index (κ2) is 6.92. The van der Waals surface area contributed by atoms with E-state index in [9.17, 15) is 10.1 Å². The molecule has 28 heavy (non-hydrogen) atoms. The van der Waals surface area contributed by atoms with Gasteiger partial charge in [0.15, 0.2) is 12.0 Å². The third-order valence-electron chi connectivity index (χ3n) is 4.88. The van der Waals surface area contributed by atoms with Crippen molar-refractivity contribution in [2.75, 3.05) is 6.79 Å². The van der Waals surface area contributed by atoms with Crippen LogP contribution in [-0.4, -0.2) is 28.1 Å². The van der Waals surface area contributed by atoms with Crippen molar-refractivity contribution in [3.8, 4) is 5.75 Å². The number of para-hydroxylation sites is 1. The summed E-state index contributed by atoms with van der Waals surface area (Å²) < 4.78 is 10.9. The van der Waals surface area contributed by atoms with Gasteiger partial charge in [0.05, 0.1) is 23.3 Å². The van der Waals surface area contributed by atoms with Gasteiger partial charge in [0.25, 0.3) is 5.69 Å². The number of nitro groups is 1. The fraction of sp³-hybridized carbons (Fsp3) is 0.263. The molecule has 2 aromatic carbocycles. The summed E-state index contributed by atoms with van der Waals surface area (Å²) in [6.45, 7) is 0.455. The van der Waals surface area contributed by atoms with Gasteiger partial charge in [-0.25, -0.2) is 10.0 Å². The highest BCUT2D eigenvalue weighted by molar-refractivity contribution is 8.13. The van der Waals surface area contributed by atoms with Gasteiger partial charge in [-0.3, -0.25) is 10.1 Å². The Hall–Kier alpha value is -2.91. The van der Waals surface area contributed by atoms with E-state index in [1.165, 1.54) is 17.8 Å². The molecule has 0 radical (unpaired) electrons. The van der Waals surface area contributed by atoms with Crippen LogP contribution in [0.25, 0.3) is 0 Å². The SMILES string of the molecule is O=[N+]([O-])c1cc2c(c(CSC3=Nc4ccccc4[C@H]4CC=NN34)c1)OCOC2. The molecule has 0 amide bonds. The van der Waals surface area contributed by atoms with Crippen molar-refractivity contribution in [2.24, 2.45) is 10.1 Å². The number of fused-ring (bicyclic) bond motifs is 4. The lowest BCUT2D eigenvalue weighted by molar-refractivity contribution is -0.385. The molecule has 0 aliphatic carbocycles. The number of thioether (sulfide) groups is 1. The molecule has 2 aromatic rings. The van der Waals surface area contributed by atoms with Crippen molar-refractivity contribution in [1.29, 1.82) is 0 Å². The summed E-state index contributed by atoms with van der Waals surface area (Å²) in [7, 11) is 0. The van der Waals surface area contributed by atoms with Crippen LogP contribution in [0.5, 0.6) is 5.75 Å². The highest BCUT2D eigenvalue weighted by Crippen LogP contribution is 2.42. The quantitative estimate of drug-likeness (QED) is 0.572. The van der Waals surface area contributed by atoms with Gasteiger partial charge in [0.1, 0.15) is 5.75 Å². The second-order valence-electron chi connectivity index (χ2n) is 6.60. The minimum absolute atomic E-state index is 0.0384. The molecule has 3 aliphatic heterocycles. The average molecular weight is 396 g/mol. The summed E-state index contributed by atoms with van der Waals surface area (Å²) >= 11 is 1.50. The van der Waals surface area contributed by atoms with E-state index < -0.39 is 4.92 Å². The Labute approximate surface area is 165 Å². The van der Waals surface area contributed by atoms with Gasteiger partial charge in [-0.05, 0) is 6.07 Å². The smallest absolute Gasteiger partial charge is 0.270 e. The predicted octanol–water partition coefficient (Wildman–Crippen LogP) is 4.13. The van der Waals surface area contributed by atoms with Crippen LogP contribution in [0.4, 0.5) is 11.4 Å². The number of rotatable bonds is 3. The molecule has 1 atom stereocenters. The number of nitro benzene ring substituents is 1. The van der Waals surface area contributed by atoms with Crippen molar-refractivity contribution in [3.05, 3.63) is 63.2 Å². The van der Waals surface area contributed by atoms with Gasteiger partial charge in [-0.15, -0.1) is 0 Å². The maximum Gasteiger partial charge on any atom is 0.270 e. The molecular formula is C19H16N4O4S. The monoisotopic (exact) mass is 396 g/mol. The van der Waals surface area contributed by atoms with Gasteiger partial charge < -0.3 is 9.47 Å². The predicted molar refractivity (Wildman–Crippen MR) is 106 cm³/mol. The molecule has 3 aliphatic rings. The van der Waals surface area contributed by atoms with E-state index >= 15 is 0 Å². The van der Waals surface area contributed by atoms with Crippen LogP contribution in [0, 0.1) is 10.1 Å². The van der Waals surface area contributed by atoms with Gasteiger partial charge in [0.2, 0.25) is 0 Å². The number of non-ortho nitro benzene ring substituents is 1. The molecule has 0 aromatic heterocycles. The lowest BCUT2D eigenvalue weighted by atomic mass is 10.0. The maximum absolute atomic E-state index is 11.3. The maximum atomic E-state index is 11.3. The highest BCUT2D eigenvalue weighted by atomic mass is 32.2. The molecule has 0 saturated carbocycles. The number of amidine groups is 1. The number of ether oxygens (including phenoxy) is 2. The molecule has 5 rings (SSSR count). The lowest BCUT2D eigenvalue weighted by Crippen LogP contribution is -2.27. The Kier molecular flexibility index (Phi) is 4.25. The zero-order valence-corrected chi connectivity index (χ0v) is 15.6. The van der Waals surface area contributed by atoms with E-state index in [0.29, 0.717) is 23.7 Å². The molecule has 0 bridgehead atoms. The zero-order valence-electron chi connectivity index (χ0n) is 14.8. The second-order valence-corrected chi connectivity index (χ2v) is 7.54. The number of benzene rings is 2. The number of hydrogen-bond donors (Lipinski definition) is 0. The Morgan fingerprint density at radius 2 is 2.21 bits per heavy atom. The normalized spacial score (nSPS) is 19.4. The molecule has 9 heteroatoms. The lowest BCUT2D eigenvalue weighted by Gasteiger charge is -2.30. The van der Waals surface area contributed by atoms with Crippen molar-refractivity contribution >= 4 is 34.5 Å². The van der Waals surface area contributed by atoms with E-state index in [1.54, 1.807) is 6.07 Å². The molecule has 0 N–H and O–H groups in total. The Morgan fingerprint density at radius 1 is 1.32 bits per heavy atom. The first kappa shape index (κ1) is 17.2. The van der Waals surface area contributed by atoms with Crippen molar-refractivity contribution in [1.82, 2.24) is 5.01 Å². The molecule has 0 fully saturated rings. The summed E-state index contributed by atoms with van der Waals surface area (Å²) in [5, 5.41) is 18.5. The van der Waals surface area contributed by atoms with E-state index in [4.69, 9.17) is 14.5 Å². The Balaban J connectivity index is 1.46. The summed E-state index contributed by atoms with van der Waals surface area (Å²) in [5.74, 6) is 1.16. The van der Waals surface area contributed by atoms with E-state index in [2.05, 4.69) is 11.2 Å². The fourth-order valence-electron chi connectivity index (χ4n) is 3.62. The third-order valence-corrected chi connectivity index (χ3v) is 5.87. The van der Waals surface area contributed by atoms with Crippen molar-refractivity contribution in [3.63, 3.8) is 0 Å². The molecule has 0 saturated heterocycles. The van der Waals surface area contributed by atoms with E-state index in [0.717, 1.165) is 28.4 Å². The standard InChI is InChI=1S/C19H16N4O4S/c24-23(25)14-7-12-9-26-11-27-18(12)13(8-14)10-28-19-21-16-4-2-1-3-15(16)17-5-6-20-22(17)19/h1-4,6-8,17H,5,9-11H2/t17-/m1/s1. The minimum Gasteiger partial charge on any atom is -0.467 e. The highest BCUT2D eigenvalue weighted by Gasteiger charge is 2.33.